The van der Waals surface area contributed by atoms with E-state index in [1.165, 1.54) is 4.90 Å². The zero-order valence-corrected chi connectivity index (χ0v) is 19.7. The second-order valence-electron chi connectivity index (χ2n) is 8.67. The van der Waals surface area contributed by atoms with E-state index in [0.717, 1.165) is 42.0 Å². The minimum absolute atomic E-state index is 0.0573. The summed E-state index contributed by atoms with van der Waals surface area (Å²) in [5.41, 5.74) is 2.67. The smallest absolute Gasteiger partial charge is 0.332 e. The molecule has 2 fully saturated rings. The van der Waals surface area contributed by atoms with Gasteiger partial charge in [-0.05, 0) is 63.5 Å². The minimum atomic E-state index is -0.659. The van der Waals surface area contributed by atoms with Gasteiger partial charge in [-0.15, -0.1) is 0 Å². The molecule has 2 aliphatic rings. The molecule has 2 aromatic rings. The summed E-state index contributed by atoms with van der Waals surface area (Å²) in [4.78, 5) is 43.3. The van der Waals surface area contributed by atoms with E-state index in [4.69, 9.17) is 11.6 Å². The van der Waals surface area contributed by atoms with Crippen molar-refractivity contribution in [1.29, 1.82) is 0 Å². The number of urea groups is 1. The molecule has 0 aliphatic carbocycles. The van der Waals surface area contributed by atoms with Gasteiger partial charge in [-0.1, -0.05) is 47.5 Å². The van der Waals surface area contributed by atoms with Gasteiger partial charge in [-0.2, -0.15) is 0 Å². The molecule has 0 aromatic heterocycles. The number of benzene rings is 2. The van der Waals surface area contributed by atoms with Gasteiger partial charge in [0.15, 0.2) is 0 Å². The maximum atomic E-state index is 13.0. The molecule has 2 aliphatic heterocycles. The van der Waals surface area contributed by atoms with E-state index in [1.807, 2.05) is 55.5 Å². The molecule has 33 heavy (non-hydrogen) atoms. The Morgan fingerprint density at radius 1 is 1.09 bits per heavy atom. The average Bonchev–Trinajstić information content (AvgIpc) is 3.40. The van der Waals surface area contributed by atoms with Crippen LogP contribution >= 0.6 is 11.6 Å². The van der Waals surface area contributed by atoms with E-state index in [1.54, 1.807) is 6.92 Å². The Bertz CT molecular complexity index is 1040. The van der Waals surface area contributed by atoms with Crippen molar-refractivity contribution < 1.29 is 14.4 Å². The molecule has 0 radical (unpaired) electrons. The van der Waals surface area contributed by atoms with E-state index in [9.17, 15) is 14.4 Å². The number of anilines is 1. The summed E-state index contributed by atoms with van der Waals surface area (Å²) < 4.78 is 0. The lowest BCUT2D eigenvalue weighted by Gasteiger charge is -2.29. The Balaban J connectivity index is 1.43. The number of hydrogen-bond acceptors (Lipinski definition) is 4. The van der Waals surface area contributed by atoms with Gasteiger partial charge in [-0.3, -0.25) is 24.3 Å². The first-order valence-electron chi connectivity index (χ1n) is 11.3. The van der Waals surface area contributed by atoms with Crippen LogP contribution in [0.4, 0.5) is 10.5 Å². The van der Waals surface area contributed by atoms with Crippen molar-refractivity contribution in [3.8, 4) is 0 Å². The molecule has 2 aromatic carbocycles. The molecule has 4 rings (SSSR count). The maximum Gasteiger partial charge on any atom is 0.332 e. The Hall–Kier alpha value is -2.90. The third-order valence-electron chi connectivity index (χ3n) is 6.40. The fourth-order valence-corrected chi connectivity index (χ4v) is 4.82. The highest BCUT2D eigenvalue weighted by atomic mass is 35.5. The number of likely N-dealkylation sites (tertiary alicyclic amines) is 1. The average molecular weight is 469 g/mol. The predicted octanol–water partition coefficient (Wildman–Crippen LogP) is 3.76. The maximum absolute atomic E-state index is 13.0. The lowest BCUT2D eigenvalue weighted by atomic mass is 10.1. The van der Waals surface area contributed by atoms with Gasteiger partial charge in [0.25, 0.3) is 5.91 Å². The number of imide groups is 1. The number of rotatable bonds is 7. The molecule has 1 N–H and O–H groups in total. The number of aryl methyl sites for hydroxylation is 1. The summed E-state index contributed by atoms with van der Waals surface area (Å²) in [6.07, 6.45) is 2.22. The topological polar surface area (TPSA) is 73.0 Å². The fourth-order valence-electron chi connectivity index (χ4n) is 4.56. The van der Waals surface area contributed by atoms with Gasteiger partial charge in [0.1, 0.15) is 12.6 Å². The lowest BCUT2D eigenvalue weighted by Crippen LogP contribution is -2.44. The predicted molar refractivity (Wildman–Crippen MR) is 128 cm³/mol. The van der Waals surface area contributed by atoms with Crippen LogP contribution in [0.15, 0.2) is 48.5 Å². The molecule has 0 bridgehead atoms. The molecule has 0 spiro atoms. The zero-order chi connectivity index (χ0) is 23.5. The third kappa shape index (κ3) is 4.89. The molecule has 4 amide bonds. The highest BCUT2D eigenvalue weighted by Gasteiger charge is 2.44. The fraction of sp³-hybridized carbons (Fsp3) is 0.400. The minimum Gasteiger partial charge on any atom is -0.353 e. The summed E-state index contributed by atoms with van der Waals surface area (Å²) >= 11 is 6.45. The molecular formula is C25H29ClN4O3. The van der Waals surface area contributed by atoms with Crippen LogP contribution < -0.4 is 10.2 Å². The number of hydrogen-bond donors (Lipinski definition) is 1. The molecule has 2 heterocycles. The van der Waals surface area contributed by atoms with Crippen LogP contribution in [0.1, 0.15) is 36.9 Å². The number of carbonyl (C=O) groups excluding carboxylic acids is 3. The van der Waals surface area contributed by atoms with E-state index < -0.39 is 12.1 Å². The van der Waals surface area contributed by atoms with Crippen molar-refractivity contribution in [2.45, 2.75) is 38.8 Å². The van der Waals surface area contributed by atoms with Gasteiger partial charge in [0.2, 0.25) is 5.91 Å². The van der Waals surface area contributed by atoms with Crippen molar-refractivity contribution in [2.75, 3.05) is 31.1 Å². The Morgan fingerprint density at radius 2 is 1.76 bits per heavy atom. The first-order valence-corrected chi connectivity index (χ1v) is 11.7. The second-order valence-corrected chi connectivity index (χ2v) is 9.08. The number of amides is 4. The zero-order valence-electron chi connectivity index (χ0n) is 19.0. The summed E-state index contributed by atoms with van der Waals surface area (Å²) in [7, 11) is 0. The molecule has 7 nitrogen and oxygen atoms in total. The van der Waals surface area contributed by atoms with Crippen molar-refractivity contribution in [3.63, 3.8) is 0 Å². The summed E-state index contributed by atoms with van der Waals surface area (Å²) in [5.74, 6) is -0.746. The van der Waals surface area contributed by atoms with Gasteiger partial charge in [0, 0.05) is 17.3 Å². The van der Waals surface area contributed by atoms with Crippen molar-refractivity contribution >= 4 is 35.1 Å². The van der Waals surface area contributed by atoms with Crippen LogP contribution in [0.25, 0.3) is 0 Å². The highest BCUT2D eigenvalue weighted by Crippen LogP contribution is 2.30. The lowest BCUT2D eigenvalue weighted by molar-refractivity contribution is -0.132. The van der Waals surface area contributed by atoms with Crippen LogP contribution in [0.5, 0.6) is 0 Å². The summed E-state index contributed by atoms with van der Waals surface area (Å²) in [6.45, 7) is 5.57. The number of carbonyl (C=O) groups is 3. The standard InChI is InChI=1S/C25H29ClN4O3/c1-17-9-11-19(12-10-17)30-18(2)24(32)29(25(30)33)16-23(31)27-15-22(28-13-5-6-14-28)20-7-3-4-8-21(20)26/h3-4,7-12,18,22H,5-6,13-16H2,1-2H3,(H,27,31)/t18-,22+/m1/s1. The van der Waals surface area contributed by atoms with Crippen LogP contribution in [-0.4, -0.2) is 59.9 Å². The first-order chi connectivity index (χ1) is 15.9. The van der Waals surface area contributed by atoms with E-state index >= 15 is 0 Å². The number of nitrogens with zero attached hydrogens (tertiary/aromatic N) is 3. The number of nitrogens with one attached hydrogen (secondary N) is 1. The molecule has 8 heteroatoms. The van der Waals surface area contributed by atoms with Crippen molar-refractivity contribution in [2.24, 2.45) is 0 Å². The van der Waals surface area contributed by atoms with Gasteiger partial charge < -0.3 is 5.32 Å². The van der Waals surface area contributed by atoms with Crippen LogP contribution in [0.3, 0.4) is 0 Å². The van der Waals surface area contributed by atoms with Crippen molar-refractivity contribution in [1.82, 2.24) is 15.1 Å². The molecule has 0 saturated carbocycles. The normalized spacial score (nSPS) is 19.9. The van der Waals surface area contributed by atoms with Gasteiger partial charge in [-0.25, -0.2) is 4.79 Å². The second kappa shape index (κ2) is 9.93. The molecular weight excluding hydrogens is 440 g/mol. The molecule has 174 valence electrons. The quantitative estimate of drug-likeness (QED) is 0.628. The molecule has 2 atom stereocenters. The number of halogens is 1. The molecule has 0 unspecified atom stereocenters. The van der Waals surface area contributed by atoms with E-state index in [0.29, 0.717) is 17.3 Å². The van der Waals surface area contributed by atoms with Crippen LogP contribution in [0.2, 0.25) is 5.02 Å². The largest absolute Gasteiger partial charge is 0.353 e. The summed E-state index contributed by atoms with van der Waals surface area (Å²) in [5, 5.41) is 3.59. The third-order valence-corrected chi connectivity index (χ3v) is 6.74. The Morgan fingerprint density at radius 3 is 2.42 bits per heavy atom. The monoisotopic (exact) mass is 468 g/mol. The van der Waals surface area contributed by atoms with Gasteiger partial charge in [0.05, 0.1) is 6.04 Å². The molecule has 2 saturated heterocycles. The van der Waals surface area contributed by atoms with E-state index in [-0.39, 0.29) is 24.4 Å². The van der Waals surface area contributed by atoms with E-state index in [2.05, 4.69) is 10.2 Å². The van der Waals surface area contributed by atoms with Crippen LogP contribution in [0, 0.1) is 6.92 Å². The Labute approximate surface area is 199 Å². The highest BCUT2D eigenvalue weighted by molar-refractivity contribution is 6.31. The van der Waals surface area contributed by atoms with Gasteiger partial charge >= 0.3 is 6.03 Å². The SMILES string of the molecule is Cc1ccc(N2C(=O)N(CC(=O)NC[C@@H](c3ccccc3Cl)N3CCCC3)C(=O)[C@H]2C)cc1. The van der Waals surface area contributed by atoms with Crippen molar-refractivity contribution in [3.05, 3.63) is 64.7 Å². The first kappa shape index (κ1) is 23.3. The summed E-state index contributed by atoms with van der Waals surface area (Å²) in [6, 6.07) is 13.9. The van der Waals surface area contributed by atoms with Crippen LogP contribution in [-0.2, 0) is 9.59 Å². The Kier molecular flexibility index (Phi) is 7.00.